The number of methoxy groups -OCH3 is 1. The van der Waals surface area contributed by atoms with Gasteiger partial charge in [0.15, 0.2) is 12.6 Å². The first kappa shape index (κ1) is 31.0. The summed E-state index contributed by atoms with van der Waals surface area (Å²) in [5.74, 6) is -1.17. The monoisotopic (exact) mass is 541 g/mol. The standard InChI is InChI=1S/C29H35NO9/c1-20(2)28(33)37-18-8-6-5-7-17-36-19-38-24-15-11-23(12-16-24)30-27(32)26(21(3)31)39-25-13-9-22(10-14-25)29(34)35-4/h9-16,26H,1,5-8,17-19H2,2-4H3,(H,30,32). The summed E-state index contributed by atoms with van der Waals surface area (Å²) in [6.07, 6.45) is 2.16. The molecule has 0 heterocycles. The smallest absolute Gasteiger partial charge is 0.337 e. The lowest BCUT2D eigenvalue weighted by molar-refractivity contribution is -0.139. The number of carbonyl (C=O) groups is 4. The van der Waals surface area contributed by atoms with Gasteiger partial charge in [-0.3, -0.25) is 9.59 Å². The minimum Gasteiger partial charge on any atom is -0.473 e. The molecule has 210 valence electrons. The molecule has 10 heteroatoms. The lowest BCUT2D eigenvalue weighted by Gasteiger charge is -2.16. The quantitative estimate of drug-likeness (QED) is 0.101. The molecule has 0 aliphatic heterocycles. The van der Waals surface area contributed by atoms with Gasteiger partial charge in [-0.2, -0.15) is 0 Å². The zero-order valence-corrected chi connectivity index (χ0v) is 22.5. The van der Waals surface area contributed by atoms with Crippen molar-refractivity contribution >= 4 is 29.3 Å². The van der Waals surface area contributed by atoms with Crippen molar-refractivity contribution in [2.45, 2.75) is 45.6 Å². The second-order valence-corrected chi connectivity index (χ2v) is 8.64. The number of nitrogens with one attached hydrogen (secondary N) is 1. The molecule has 10 nitrogen and oxygen atoms in total. The Morgan fingerprint density at radius 3 is 2.05 bits per heavy atom. The van der Waals surface area contributed by atoms with E-state index in [9.17, 15) is 19.2 Å². The summed E-state index contributed by atoms with van der Waals surface area (Å²) in [7, 11) is 1.27. The van der Waals surface area contributed by atoms with Crippen LogP contribution >= 0.6 is 0 Å². The van der Waals surface area contributed by atoms with E-state index in [0.717, 1.165) is 25.7 Å². The number of hydrogen-bond acceptors (Lipinski definition) is 9. The molecule has 1 N–H and O–H groups in total. The number of Topliss-reactive ketones (excluding diaryl/α,β-unsaturated/α-hetero) is 1. The maximum atomic E-state index is 12.7. The lowest BCUT2D eigenvalue weighted by Crippen LogP contribution is -2.38. The number of esters is 2. The largest absolute Gasteiger partial charge is 0.473 e. The summed E-state index contributed by atoms with van der Waals surface area (Å²) in [6.45, 7) is 7.42. The highest BCUT2D eigenvalue weighted by Gasteiger charge is 2.26. The van der Waals surface area contributed by atoms with E-state index in [1.165, 1.54) is 38.3 Å². The van der Waals surface area contributed by atoms with Gasteiger partial charge in [-0.15, -0.1) is 0 Å². The molecule has 2 rings (SSSR count). The molecule has 1 amide bonds. The first-order chi connectivity index (χ1) is 18.7. The fourth-order valence-electron chi connectivity index (χ4n) is 3.20. The molecule has 2 aromatic rings. The summed E-state index contributed by atoms with van der Waals surface area (Å²) in [6, 6.07) is 12.5. The lowest BCUT2D eigenvalue weighted by atomic mass is 10.2. The van der Waals surface area contributed by atoms with Crippen LogP contribution in [0.15, 0.2) is 60.7 Å². The summed E-state index contributed by atoms with van der Waals surface area (Å²) in [5, 5.41) is 2.65. The van der Waals surface area contributed by atoms with Crippen molar-refractivity contribution < 1.29 is 42.9 Å². The molecule has 0 radical (unpaired) electrons. The van der Waals surface area contributed by atoms with Crippen LogP contribution < -0.4 is 14.8 Å². The van der Waals surface area contributed by atoms with E-state index >= 15 is 0 Å². The third-order valence-electron chi connectivity index (χ3n) is 5.33. The minimum atomic E-state index is -1.37. The molecule has 0 aromatic heterocycles. The van der Waals surface area contributed by atoms with Crippen LogP contribution in [-0.4, -0.2) is 56.8 Å². The van der Waals surface area contributed by atoms with Gasteiger partial charge in [0, 0.05) is 11.3 Å². The fraction of sp³-hybridized carbons (Fsp3) is 0.379. The summed E-state index contributed by atoms with van der Waals surface area (Å²) < 4.78 is 26.3. The van der Waals surface area contributed by atoms with E-state index in [0.29, 0.717) is 35.8 Å². The van der Waals surface area contributed by atoms with Crippen molar-refractivity contribution in [2.75, 3.05) is 32.4 Å². The number of rotatable bonds is 17. The van der Waals surface area contributed by atoms with Gasteiger partial charge >= 0.3 is 11.9 Å². The van der Waals surface area contributed by atoms with Crippen LogP contribution in [0.25, 0.3) is 0 Å². The fourth-order valence-corrected chi connectivity index (χ4v) is 3.20. The zero-order chi connectivity index (χ0) is 28.6. The Hall–Kier alpha value is -4.18. The number of carbonyl (C=O) groups excluding carboxylic acids is 4. The van der Waals surface area contributed by atoms with Crippen molar-refractivity contribution in [3.63, 3.8) is 0 Å². The molecule has 2 aromatic carbocycles. The Balaban J connectivity index is 1.69. The van der Waals surface area contributed by atoms with Gasteiger partial charge in [0.25, 0.3) is 5.91 Å². The highest BCUT2D eigenvalue weighted by Crippen LogP contribution is 2.18. The zero-order valence-electron chi connectivity index (χ0n) is 22.5. The van der Waals surface area contributed by atoms with Gasteiger partial charge in [0.2, 0.25) is 6.10 Å². The van der Waals surface area contributed by atoms with Crippen LogP contribution in [0.2, 0.25) is 0 Å². The van der Waals surface area contributed by atoms with Crippen LogP contribution in [0, 0.1) is 0 Å². The van der Waals surface area contributed by atoms with Crippen molar-refractivity contribution in [1.82, 2.24) is 0 Å². The molecule has 0 fully saturated rings. The molecular weight excluding hydrogens is 506 g/mol. The second kappa shape index (κ2) is 16.6. The highest BCUT2D eigenvalue weighted by molar-refractivity contribution is 6.09. The SMILES string of the molecule is C=C(C)C(=O)OCCCCCCOCOc1ccc(NC(=O)C(Oc2ccc(C(=O)OC)cc2)C(C)=O)cc1. The number of hydrogen-bond donors (Lipinski definition) is 1. The number of amides is 1. The maximum Gasteiger partial charge on any atom is 0.337 e. The molecule has 0 saturated heterocycles. The van der Waals surface area contributed by atoms with Crippen LogP contribution in [0.3, 0.4) is 0 Å². The average molecular weight is 542 g/mol. The molecule has 0 bridgehead atoms. The summed E-state index contributed by atoms with van der Waals surface area (Å²) in [5.41, 5.74) is 1.17. The third-order valence-corrected chi connectivity index (χ3v) is 5.33. The Morgan fingerprint density at radius 2 is 1.46 bits per heavy atom. The van der Waals surface area contributed by atoms with Gasteiger partial charge in [0.1, 0.15) is 11.5 Å². The molecule has 1 atom stereocenters. The van der Waals surface area contributed by atoms with Gasteiger partial charge < -0.3 is 29.0 Å². The molecule has 1 unspecified atom stereocenters. The Kier molecular flexibility index (Phi) is 13.2. The predicted octanol–water partition coefficient (Wildman–Crippen LogP) is 4.48. The van der Waals surface area contributed by atoms with E-state index in [-0.39, 0.29) is 18.5 Å². The van der Waals surface area contributed by atoms with Gasteiger partial charge in [0.05, 0.1) is 25.9 Å². The minimum absolute atomic E-state index is 0.0803. The van der Waals surface area contributed by atoms with Gasteiger partial charge in [-0.05, 0) is 81.6 Å². The van der Waals surface area contributed by atoms with E-state index in [4.69, 9.17) is 18.9 Å². The van der Waals surface area contributed by atoms with Crippen LogP contribution in [0.5, 0.6) is 11.5 Å². The van der Waals surface area contributed by atoms with Crippen LogP contribution in [0.4, 0.5) is 5.69 Å². The first-order valence-electron chi connectivity index (χ1n) is 12.5. The van der Waals surface area contributed by atoms with E-state index < -0.39 is 23.8 Å². The number of ether oxygens (including phenoxy) is 5. The van der Waals surface area contributed by atoms with Crippen molar-refractivity contribution in [2.24, 2.45) is 0 Å². The molecule has 0 saturated carbocycles. The van der Waals surface area contributed by atoms with Crippen LogP contribution in [0.1, 0.15) is 49.9 Å². The van der Waals surface area contributed by atoms with Gasteiger partial charge in [-0.25, -0.2) is 9.59 Å². The van der Waals surface area contributed by atoms with Crippen molar-refractivity contribution in [3.8, 4) is 11.5 Å². The third kappa shape index (κ3) is 11.4. The molecular formula is C29H35NO9. The molecule has 0 spiro atoms. The Labute approximate surface area is 228 Å². The van der Waals surface area contributed by atoms with E-state index in [2.05, 4.69) is 16.6 Å². The average Bonchev–Trinajstić information content (AvgIpc) is 2.93. The van der Waals surface area contributed by atoms with Gasteiger partial charge in [-0.1, -0.05) is 13.0 Å². The van der Waals surface area contributed by atoms with E-state index in [1.807, 2.05) is 0 Å². The number of anilines is 1. The molecule has 0 aliphatic carbocycles. The second-order valence-electron chi connectivity index (χ2n) is 8.64. The van der Waals surface area contributed by atoms with Crippen LogP contribution in [-0.2, 0) is 28.6 Å². The Morgan fingerprint density at radius 1 is 0.846 bits per heavy atom. The highest BCUT2D eigenvalue weighted by atomic mass is 16.7. The number of ketones is 1. The topological polar surface area (TPSA) is 126 Å². The molecule has 0 aliphatic rings. The van der Waals surface area contributed by atoms with E-state index in [1.54, 1.807) is 31.2 Å². The number of unbranched alkanes of at least 4 members (excludes halogenated alkanes) is 3. The molecule has 39 heavy (non-hydrogen) atoms. The van der Waals surface area contributed by atoms with Crippen molar-refractivity contribution in [3.05, 3.63) is 66.2 Å². The first-order valence-corrected chi connectivity index (χ1v) is 12.5. The Bertz CT molecular complexity index is 1110. The summed E-state index contributed by atoms with van der Waals surface area (Å²) in [4.78, 5) is 47.5. The normalized spacial score (nSPS) is 11.2. The van der Waals surface area contributed by atoms with Crippen molar-refractivity contribution in [1.29, 1.82) is 0 Å². The predicted molar refractivity (Wildman–Crippen MR) is 144 cm³/mol. The summed E-state index contributed by atoms with van der Waals surface area (Å²) >= 11 is 0. The maximum absolute atomic E-state index is 12.7. The number of benzene rings is 2.